The first kappa shape index (κ1) is 20.8. The summed E-state index contributed by atoms with van der Waals surface area (Å²) in [6.45, 7) is -0.354. The van der Waals surface area contributed by atoms with E-state index in [-0.39, 0.29) is 25.3 Å². The third-order valence-corrected chi connectivity index (χ3v) is 4.55. The Morgan fingerprint density at radius 1 is 1.33 bits per heavy atom. The van der Waals surface area contributed by atoms with Gasteiger partial charge < -0.3 is 25.0 Å². The summed E-state index contributed by atoms with van der Waals surface area (Å²) in [7, 11) is 1.09. The molecule has 0 aliphatic carbocycles. The number of amides is 3. The van der Waals surface area contributed by atoms with E-state index in [0.29, 0.717) is 13.0 Å². The molecule has 152 valence electrons. The Morgan fingerprint density at radius 3 is 2.56 bits per heavy atom. The van der Waals surface area contributed by atoms with Gasteiger partial charge in [-0.2, -0.15) is 13.2 Å². The number of hydrogen-bond acceptors (Lipinski definition) is 6. The van der Waals surface area contributed by atoms with Crippen LogP contribution in [0.15, 0.2) is 0 Å². The molecule has 2 heterocycles. The Morgan fingerprint density at radius 2 is 2.04 bits per heavy atom. The highest BCUT2D eigenvalue weighted by atomic mass is 19.4. The first-order valence-corrected chi connectivity index (χ1v) is 8.31. The van der Waals surface area contributed by atoms with Crippen LogP contribution in [0.4, 0.5) is 22.8 Å². The summed E-state index contributed by atoms with van der Waals surface area (Å²) in [6, 6.07) is -1.23. The molecule has 2 N–H and O–H groups in total. The Kier molecular flexibility index (Phi) is 6.50. The average molecular weight is 395 g/mol. The monoisotopic (exact) mass is 395 g/mol. The summed E-state index contributed by atoms with van der Waals surface area (Å²) >= 11 is 0. The Bertz CT molecular complexity index is 612. The second-order valence-electron chi connectivity index (χ2n) is 6.36. The SMILES string of the molecule is COC(=O)[C@H](C[C@@H]1CCNC1=O)NC(=O)OC(=O)N1CCC(C(F)(F)F)C1. The summed E-state index contributed by atoms with van der Waals surface area (Å²) in [5.74, 6) is -3.30. The number of methoxy groups -OCH3 is 1. The second kappa shape index (κ2) is 8.44. The molecule has 9 nitrogen and oxygen atoms in total. The normalized spacial score (nSPS) is 23.6. The molecule has 12 heteroatoms. The lowest BCUT2D eigenvalue weighted by Crippen LogP contribution is -2.45. The highest BCUT2D eigenvalue weighted by molar-refractivity contribution is 5.88. The highest BCUT2D eigenvalue weighted by Crippen LogP contribution is 2.33. The molecule has 2 saturated heterocycles. The maximum Gasteiger partial charge on any atom is 0.418 e. The molecule has 0 aromatic rings. The molecule has 2 fully saturated rings. The number of rotatable bonds is 4. The minimum Gasteiger partial charge on any atom is -0.467 e. The first-order valence-electron chi connectivity index (χ1n) is 8.31. The molecule has 0 aromatic heterocycles. The predicted octanol–water partition coefficient (Wildman–Crippen LogP) is 0.785. The van der Waals surface area contributed by atoms with Gasteiger partial charge in [-0.1, -0.05) is 0 Å². The fraction of sp³-hybridized carbons (Fsp3) is 0.733. The zero-order chi connectivity index (χ0) is 20.2. The lowest BCUT2D eigenvalue weighted by molar-refractivity contribution is -0.170. The van der Waals surface area contributed by atoms with Crippen LogP contribution in [0.2, 0.25) is 0 Å². The van der Waals surface area contributed by atoms with Crippen molar-refractivity contribution in [2.45, 2.75) is 31.5 Å². The van der Waals surface area contributed by atoms with E-state index in [1.807, 2.05) is 0 Å². The molecule has 3 amide bonds. The van der Waals surface area contributed by atoms with E-state index in [1.165, 1.54) is 0 Å². The summed E-state index contributed by atoms with van der Waals surface area (Å²) in [5, 5.41) is 4.71. The number of alkyl carbamates (subject to hydrolysis) is 1. The number of nitrogens with zero attached hydrogens (tertiary/aromatic N) is 1. The summed E-state index contributed by atoms with van der Waals surface area (Å²) in [4.78, 5) is 47.9. The van der Waals surface area contributed by atoms with Crippen molar-refractivity contribution in [1.82, 2.24) is 15.5 Å². The number of likely N-dealkylation sites (tertiary alicyclic amines) is 1. The molecule has 0 radical (unpaired) electrons. The fourth-order valence-corrected chi connectivity index (χ4v) is 3.02. The number of carbonyl (C=O) groups excluding carboxylic acids is 4. The van der Waals surface area contributed by atoms with Crippen molar-refractivity contribution >= 4 is 24.1 Å². The summed E-state index contributed by atoms with van der Waals surface area (Å²) in [6.07, 6.45) is -6.83. The van der Waals surface area contributed by atoms with Crippen LogP contribution in [0.5, 0.6) is 0 Å². The number of alkyl halides is 3. The number of halogens is 3. The largest absolute Gasteiger partial charge is 0.467 e. The maximum atomic E-state index is 12.6. The molecule has 0 bridgehead atoms. The van der Waals surface area contributed by atoms with E-state index in [0.717, 1.165) is 12.0 Å². The zero-order valence-corrected chi connectivity index (χ0v) is 14.5. The third-order valence-electron chi connectivity index (χ3n) is 4.55. The molecule has 2 aliphatic heterocycles. The van der Waals surface area contributed by atoms with E-state index < -0.39 is 48.8 Å². The molecular weight excluding hydrogens is 375 g/mol. The predicted molar refractivity (Wildman–Crippen MR) is 82.3 cm³/mol. The molecular formula is C15H20F3N3O6. The smallest absolute Gasteiger partial charge is 0.418 e. The first-order chi connectivity index (χ1) is 12.6. The number of esters is 1. The van der Waals surface area contributed by atoms with E-state index in [4.69, 9.17) is 0 Å². The van der Waals surface area contributed by atoms with E-state index >= 15 is 0 Å². The van der Waals surface area contributed by atoms with Crippen LogP contribution < -0.4 is 10.6 Å². The van der Waals surface area contributed by atoms with Gasteiger partial charge in [0.25, 0.3) is 0 Å². The van der Waals surface area contributed by atoms with Crippen LogP contribution >= 0.6 is 0 Å². The van der Waals surface area contributed by atoms with Gasteiger partial charge >= 0.3 is 24.3 Å². The standard InChI is InChI=1S/C15H20F3N3O6/c1-26-12(23)10(6-8-2-4-19-11(8)22)20-13(24)27-14(25)21-5-3-9(7-21)15(16,17)18/h8-10H,2-7H2,1H3,(H,19,22)(H,20,24)/t8-,9?,10-/m0/s1. The Labute approximate surface area is 152 Å². The van der Waals surface area contributed by atoms with Crippen LogP contribution in [0.3, 0.4) is 0 Å². The molecule has 2 rings (SSSR count). The zero-order valence-electron chi connectivity index (χ0n) is 14.5. The minimum atomic E-state index is -4.44. The topological polar surface area (TPSA) is 114 Å². The van der Waals surface area contributed by atoms with Crippen LogP contribution in [0.25, 0.3) is 0 Å². The van der Waals surface area contributed by atoms with Crippen molar-refractivity contribution in [3.8, 4) is 0 Å². The van der Waals surface area contributed by atoms with Gasteiger partial charge in [-0.25, -0.2) is 14.4 Å². The van der Waals surface area contributed by atoms with Gasteiger partial charge in [-0.05, 0) is 19.3 Å². The quantitative estimate of drug-likeness (QED) is 0.537. The highest BCUT2D eigenvalue weighted by Gasteiger charge is 2.45. The lowest BCUT2D eigenvalue weighted by Gasteiger charge is -2.20. The van der Waals surface area contributed by atoms with E-state index in [2.05, 4.69) is 20.1 Å². The number of carbonyl (C=O) groups is 4. The van der Waals surface area contributed by atoms with Gasteiger partial charge in [-0.3, -0.25) is 4.79 Å². The summed E-state index contributed by atoms with van der Waals surface area (Å²) < 4.78 is 47.0. The van der Waals surface area contributed by atoms with Crippen molar-refractivity contribution in [3.63, 3.8) is 0 Å². The van der Waals surface area contributed by atoms with Gasteiger partial charge in [0, 0.05) is 25.6 Å². The van der Waals surface area contributed by atoms with Gasteiger partial charge in [-0.15, -0.1) is 0 Å². The van der Waals surface area contributed by atoms with E-state index in [9.17, 15) is 32.3 Å². The van der Waals surface area contributed by atoms with E-state index in [1.54, 1.807) is 0 Å². The van der Waals surface area contributed by atoms with Crippen molar-refractivity contribution < 1.29 is 41.8 Å². The number of nitrogens with one attached hydrogen (secondary N) is 2. The molecule has 1 unspecified atom stereocenters. The third kappa shape index (κ3) is 5.47. The molecule has 3 atom stereocenters. The summed E-state index contributed by atoms with van der Waals surface area (Å²) in [5.41, 5.74) is 0. The Balaban J connectivity index is 1.88. The van der Waals surface area contributed by atoms with Crippen LogP contribution in [0, 0.1) is 11.8 Å². The van der Waals surface area contributed by atoms with Gasteiger partial charge in [0.2, 0.25) is 5.91 Å². The molecule has 0 saturated carbocycles. The van der Waals surface area contributed by atoms with Crippen molar-refractivity contribution in [2.75, 3.05) is 26.7 Å². The minimum absolute atomic E-state index is 0.0539. The molecule has 0 spiro atoms. The second-order valence-corrected chi connectivity index (χ2v) is 6.36. The van der Waals surface area contributed by atoms with Gasteiger partial charge in [0.05, 0.1) is 13.0 Å². The average Bonchev–Trinajstić information content (AvgIpc) is 3.23. The van der Waals surface area contributed by atoms with Crippen LogP contribution in [0.1, 0.15) is 19.3 Å². The number of hydrogen-bond donors (Lipinski definition) is 2. The maximum absolute atomic E-state index is 12.6. The van der Waals surface area contributed by atoms with Crippen molar-refractivity contribution in [3.05, 3.63) is 0 Å². The van der Waals surface area contributed by atoms with Crippen molar-refractivity contribution in [2.24, 2.45) is 11.8 Å². The van der Waals surface area contributed by atoms with Gasteiger partial charge in [0.1, 0.15) is 6.04 Å². The molecule has 2 aliphatic rings. The number of ether oxygens (including phenoxy) is 2. The van der Waals surface area contributed by atoms with Crippen LogP contribution in [-0.2, 0) is 19.1 Å². The molecule has 0 aromatic carbocycles. The van der Waals surface area contributed by atoms with Crippen molar-refractivity contribution in [1.29, 1.82) is 0 Å². The Hall–Kier alpha value is -2.53. The van der Waals surface area contributed by atoms with Gasteiger partial charge in [0.15, 0.2) is 0 Å². The lowest BCUT2D eigenvalue weighted by atomic mass is 9.98. The fourth-order valence-electron chi connectivity index (χ4n) is 3.02. The van der Waals surface area contributed by atoms with Crippen LogP contribution in [-0.4, -0.2) is 67.9 Å². The molecule has 27 heavy (non-hydrogen) atoms.